The highest BCUT2D eigenvalue weighted by Gasteiger charge is 2.14. The minimum Gasteiger partial charge on any atom is -0.483 e. The first-order valence-electron chi connectivity index (χ1n) is 3.48. The standard InChI is InChI=1S/C8H6ClNOS/c9-5-2-1-3-6-8(5)11-4-7(12)10-6/h1-3H,4H2,(H,10,12). The van der Waals surface area contributed by atoms with Crippen molar-refractivity contribution >= 4 is 34.5 Å². The fourth-order valence-corrected chi connectivity index (χ4v) is 1.48. The van der Waals surface area contributed by atoms with Crippen LogP contribution in [-0.2, 0) is 0 Å². The van der Waals surface area contributed by atoms with E-state index in [0.29, 0.717) is 22.4 Å². The molecule has 0 saturated carbocycles. The van der Waals surface area contributed by atoms with Gasteiger partial charge in [-0.3, -0.25) is 0 Å². The molecule has 0 radical (unpaired) electrons. The van der Waals surface area contributed by atoms with Crippen LogP contribution < -0.4 is 10.1 Å². The van der Waals surface area contributed by atoms with E-state index in [1.165, 1.54) is 0 Å². The molecular formula is C8H6ClNOS. The lowest BCUT2D eigenvalue weighted by atomic mass is 10.2. The summed E-state index contributed by atoms with van der Waals surface area (Å²) in [5.41, 5.74) is 0.846. The monoisotopic (exact) mass is 199 g/mol. The second-order valence-corrected chi connectivity index (χ2v) is 3.35. The molecule has 0 amide bonds. The first-order valence-corrected chi connectivity index (χ1v) is 4.27. The van der Waals surface area contributed by atoms with Crippen LogP contribution in [0.2, 0.25) is 5.02 Å². The number of hydrogen-bond donors (Lipinski definition) is 1. The molecule has 0 bridgehead atoms. The normalized spacial score (nSPS) is 14.6. The fraction of sp³-hybridized carbons (Fsp3) is 0.125. The smallest absolute Gasteiger partial charge is 0.161 e. The first-order chi connectivity index (χ1) is 5.77. The maximum atomic E-state index is 5.88. The van der Waals surface area contributed by atoms with Crippen LogP contribution in [0.4, 0.5) is 5.69 Å². The molecule has 2 nitrogen and oxygen atoms in total. The van der Waals surface area contributed by atoms with Crippen LogP contribution in [0, 0.1) is 0 Å². The topological polar surface area (TPSA) is 21.3 Å². The average Bonchev–Trinajstić information content (AvgIpc) is 2.04. The van der Waals surface area contributed by atoms with Crippen molar-refractivity contribution in [2.75, 3.05) is 11.9 Å². The van der Waals surface area contributed by atoms with Gasteiger partial charge in [-0.15, -0.1) is 0 Å². The molecular weight excluding hydrogens is 194 g/mol. The number of nitrogens with one attached hydrogen (secondary N) is 1. The van der Waals surface area contributed by atoms with Gasteiger partial charge in [0.1, 0.15) is 11.6 Å². The molecule has 1 heterocycles. The lowest BCUT2D eigenvalue weighted by molar-refractivity contribution is 0.375. The summed E-state index contributed by atoms with van der Waals surface area (Å²) in [7, 11) is 0. The zero-order valence-corrected chi connectivity index (χ0v) is 7.71. The van der Waals surface area contributed by atoms with Gasteiger partial charge in [-0.25, -0.2) is 0 Å². The van der Waals surface area contributed by atoms with Crippen LogP contribution in [0.15, 0.2) is 18.2 Å². The summed E-state index contributed by atoms with van der Waals surface area (Å²) >= 11 is 10.8. The summed E-state index contributed by atoms with van der Waals surface area (Å²) in [5, 5.41) is 3.64. The van der Waals surface area contributed by atoms with Crippen LogP contribution in [-0.4, -0.2) is 11.6 Å². The van der Waals surface area contributed by atoms with E-state index in [1.807, 2.05) is 12.1 Å². The lowest BCUT2D eigenvalue weighted by Gasteiger charge is -2.20. The minimum atomic E-state index is 0.409. The molecule has 0 spiro atoms. The van der Waals surface area contributed by atoms with E-state index in [4.69, 9.17) is 28.6 Å². The Kier molecular flexibility index (Phi) is 1.90. The van der Waals surface area contributed by atoms with Gasteiger partial charge in [-0.1, -0.05) is 29.9 Å². The molecule has 0 atom stereocenters. The molecule has 0 fully saturated rings. The highest BCUT2D eigenvalue weighted by Crippen LogP contribution is 2.34. The number of halogens is 1. The SMILES string of the molecule is S=C1COc2c(Cl)cccc2N1. The van der Waals surface area contributed by atoms with Crippen LogP contribution in [0.25, 0.3) is 0 Å². The Morgan fingerprint density at radius 3 is 3.17 bits per heavy atom. The van der Waals surface area contributed by atoms with Gasteiger partial charge in [-0.05, 0) is 12.1 Å². The van der Waals surface area contributed by atoms with E-state index in [1.54, 1.807) is 6.07 Å². The molecule has 2 rings (SSSR count). The van der Waals surface area contributed by atoms with Crippen molar-refractivity contribution in [3.05, 3.63) is 23.2 Å². The third-order valence-corrected chi connectivity index (χ3v) is 2.11. The lowest BCUT2D eigenvalue weighted by Crippen LogP contribution is -2.23. The molecule has 0 unspecified atom stereocenters. The van der Waals surface area contributed by atoms with E-state index in [-0.39, 0.29) is 0 Å². The summed E-state index contributed by atoms with van der Waals surface area (Å²) in [6, 6.07) is 5.52. The van der Waals surface area contributed by atoms with Crippen molar-refractivity contribution in [3.8, 4) is 5.75 Å². The Hall–Kier alpha value is -0.800. The molecule has 1 aromatic carbocycles. The summed E-state index contributed by atoms with van der Waals surface area (Å²) < 4.78 is 5.33. The third-order valence-electron chi connectivity index (χ3n) is 1.59. The van der Waals surface area contributed by atoms with Gasteiger partial charge in [-0.2, -0.15) is 0 Å². The van der Waals surface area contributed by atoms with Gasteiger partial charge in [0, 0.05) is 0 Å². The number of ether oxygens (including phenoxy) is 1. The zero-order valence-electron chi connectivity index (χ0n) is 6.13. The Bertz CT molecular complexity index is 340. The predicted octanol–water partition coefficient (Wildman–Crippen LogP) is 2.47. The van der Waals surface area contributed by atoms with Crippen LogP contribution >= 0.6 is 23.8 Å². The van der Waals surface area contributed by atoms with E-state index in [9.17, 15) is 0 Å². The number of fused-ring (bicyclic) bond motifs is 1. The average molecular weight is 200 g/mol. The van der Waals surface area contributed by atoms with E-state index >= 15 is 0 Å². The van der Waals surface area contributed by atoms with Crippen LogP contribution in [0.1, 0.15) is 0 Å². The molecule has 12 heavy (non-hydrogen) atoms. The number of hydrogen-bond acceptors (Lipinski definition) is 2. The summed E-state index contributed by atoms with van der Waals surface area (Å²) in [5.74, 6) is 0.688. The number of benzene rings is 1. The van der Waals surface area contributed by atoms with E-state index in [2.05, 4.69) is 5.32 Å². The largest absolute Gasteiger partial charge is 0.483 e. The quantitative estimate of drug-likeness (QED) is 0.649. The van der Waals surface area contributed by atoms with Crippen LogP contribution in [0.5, 0.6) is 5.75 Å². The highest BCUT2D eigenvalue weighted by atomic mass is 35.5. The summed E-state index contributed by atoms with van der Waals surface area (Å²) in [4.78, 5) is 0.685. The van der Waals surface area contributed by atoms with Crippen LogP contribution in [0.3, 0.4) is 0 Å². The Morgan fingerprint density at radius 2 is 2.33 bits per heavy atom. The van der Waals surface area contributed by atoms with Gasteiger partial charge in [0.2, 0.25) is 0 Å². The second-order valence-electron chi connectivity index (χ2n) is 2.45. The Labute approximate surface area is 80.5 Å². The molecule has 1 aliphatic heterocycles. The number of thiocarbonyl (C=S) groups is 1. The summed E-state index contributed by atoms with van der Waals surface area (Å²) in [6.07, 6.45) is 0. The Balaban J connectivity index is 2.48. The predicted molar refractivity (Wildman–Crippen MR) is 53.2 cm³/mol. The number of rotatable bonds is 0. The van der Waals surface area contributed by atoms with Crippen molar-refractivity contribution in [1.82, 2.24) is 0 Å². The molecule has 1 aromatic rings. The first kappa shape index (κ1) is 7.83. The third kappa shape index (κ3) is 1.26. The molecule has 4 heteroatoms. The number of para-hydroxylation sites is 1. The minimum absolute atomic E-state index is 0.409. The fourth-order valence-electron chi connectivity index (χ4n) is 1.08. The van der Waals surface area contributed by atoms with E-state index < -0.39 is 0 Å². The van der Waals surface area contributed by atoms with Crippen molar-refractivity contribution in [2.24, 2.45) is 0 Å². The van der Waals surface area contributed by atoms with Crippen molar-refractivity contribution in [2.45, 2.75) is 0 Å². The van der Waals surface area contributed by atoms with Gasteiger partial charge in [0.25, 0.3) is 0 Å². The second kappa shape index (κ2) is 2.92. The van der Waals surface area contributed by atoms with Gasteiger partial charge in [0.15, 0.2) is 5.75 Å². The van der Waals surface area contributed by atoms with Crippen molar-refractivity contribution in [3.63, 3.8) is 0 Å². The zero-order chi connectivity index (χ0) is 8.55. The molecule has 1 N–H and O–H groups in total. The van der Waals surface area contributed by atoms with Gasteiger partial charge < -0.3 is 10.1 Å². The maximum Gasteiger partial charge on any atom is 0.161 e. The van der Waals surface area contributed by atoms with E-state index in [0.717, 1.165) is 5.69 Å². The molecule has 0 aliphatic carbocycles. The molecule has 0 aromatic heterocycles. The van der Waals surface area contributed by atoms with Crippen molar-refractivity contribution in [1.29, 1.82) is 0 Å². The Morgan fingerprint density at radius 1 is 1.50 bits per heavy atom. The van der Waals surface area contributed by atoms with Gasteiger partial charge in [0.05, 0.1) is 10.7 Å². The number of anilines is 1. The van der Waals surface area contributed by atoms with Gasteiger partial charge >= 0.3 is 0 Å². The highest BCUT2D eigenvalue weighted by molar-refractivity contribution is 7.80. The summed E-state index contributed by atoms with van der Waals surface area (Å²) in [6.45, 7) is 0.409. The molecule has 0 saturated heterocycles. The molecule has 1 aliphatic rings. The van der Waals surface area contributed by atoms with Crippen molar-refractivity contribution < 1.29 is 4.74 Å². The molecule has 62 valence electrons. The maximum absolute atomic E-state index is 5.88.